The predicted molar refractivity (Wildman–Crippen MR) is 120 cm³/mol. The van der Waals surface area contributed by atoms with Crippen LogP contribution in [0.15, 0.2) is 23.6 Å². The van der Waals surface area contributed by atoms with E-state index in [1.54, 1.807) is 11.3 Å². The maximum Gasteiger partial charge on any atom is 0.223 e. The summed E-state index contributed by atoms with van der Waals surface area (Å²) in [5, 5.41) is 5.18. The highest BCUT2D eigenvalue weighted by atomic mass is 32.1. The number of carbonyl (C=O) groups is 1. The molecule has 1 aromatic heterocycles. The molecular weight excluding hydrogens is 380 g/mol. The normalized spacial score (nSPS) is 17.1. The van der Waals surface area contributed by atoms with Crippen LogP contribution >= 0.6 is 11.3 Å². The van der Waals surface area contributed by atoms with Crippen LogP contribution in [0.25, 0.3) is 0 Å². The van der Waals surface area contributed by atoms with Gasteiger partial charge in [0.05, 0.1) is 20.6 Å². The van der Waals surface area contributed by atoms with Gasteiger partial charge in [0.15, 0.2) is 0 Å². The highest BCUT2D eigenvalue weighted by Crippen LogP contribution is 2.37. The van der Waals surface area contributed by atoms with Crippen LogP contribution in [-0.4, -0.2) is 33.2 Å². The molecule has 2 atom stereocenters. The molecule has 29 heavy (non-hydrogen) atoms. The second kappa shape index (κ2) is 9.77. The molecule has 0 radical (unpaired) electrons. The van der Waals surface area contributed by atoms with Gasteiger partial charge in [-0.05, 0) is 78.8 Å². The predicted octanol–water partition coefficient (Wildman–Crippen LogP) is 2.95. The lowest BCUT2D eigenvalue weighted by atomic mass is 9.74. The van der Waals surface area contributed by atoms with Gasteiger partial charge >= 0.3 is 0 Å². The van der Waals surface area contributed by atoms with Crippen molar-refractivity contribution in [3.8, 4) is 5.75 Å². The third kappa shape index (κ3) is 5.40. The van der Waals surface area contributed by atoms with Crippen LogP contribution < -0.4 is 15.0 Å². The zero-order valence-electron chi connectivity index (χ0n) is 18.4. The summed E-state index contributed by atoms with van der Waals surface area (Å²) in [5.41, 5.74) is 5.46. The van der Waals surface area contributed by atoms with Gasteiger partial charge in [0, 0.05) is 10.8 Å². The first-order valence-corrected chi connectivity index (χ1v) is 11.6. The smallest absolute Gasteiger partial charge is 0.223 e. The van der Waals surface area contributed by atoms with Crippen LogP contribution in [0.5, 0.6) is 5.75 Å². The van der Waals surface area contributed by atoms with Gasteiger partial charge in [-0.2, -0.15) is 0 Å². The third-order valence-corrected chi connectivity index (χ3v) is 7.12. The van der Waals surface area contributed by atoms with Crippen LogP contribution in [-0.2, 0) is 24.2 Å². The molecule has 5 heteroatoms. The first-order valence-electron chi connectivity index (χ1n) is 10.7. The van der Waals surface area contributed by atoms with Crippen LogP contribution in [0.2, 0.25) is 0 Å². The number of nitrogens with one attached hydrogen (secondary N) is 2. The van der Waals surface area contributed by atoms with Crippen molar-refractivity contribution in [1.82, 2.24) is 5.32 Å². The first kappa shape index (κ1) is 21.8. The lowest BCUT2D eigenvalue weighted by molar-refractivity contribution is -0.858. The Morgan fingerprint density at radius 1 is 1.34 bits per heavy atom. The fraction of sp³-hybridized carbons (Fsp3) is 0.542. The minimum Gasteiger partial charge on any atom is -0.487 e. The van der Waals surface area contributed by atoms with Crippen molar-refractivity contribution in [2.45, 2.75) is 46.6 Å². The molecular formula is C24H35N2O2S+. The van der Waals surface area contributed by atoms with Crippen molar-refractivity contribution in [2.75, 3.05) is 27.2 Å². The molecule has 1 aromatic carbocycles. The van der Waals surface area contributed by atoms with E-state index in [-0.39, 0.29) is 11.8 Å². The van der Waals surface area contributed by atoms with E-state index in [1.165, 1.54) is 32.0 Å². The maximum absolute atomic E-state index is 12.7. The van der Waals surface area contributed by atoms with E-state index in [2.05, 4.69) is 52.3 Å². The van der Waals surface area contributed by atoms with Gasteiger partial charge < -0.3 is 15.0 Å². The summed E-state index contributed by atoms with van der Waals surface area (Å²) in [7, 11) is 4.29. The number of likely N-dealkylation sites (N-methyl/N-ethyl adjacent to an activating group) is 1. The van der Waals surface area contributed by atoms with E-state index in [0.717, 1.165) is 38.2 Å². The quantitative estimate of drug-likeness (QED) is 0.696. The Labute approximate surface area is 179 Å². The Bertz CT molecular complexity index is 830. The van der Waals surface area contributed by atoms with E-state index < -0.39 is 0 Å². The largest absolute Gasteiger partial charge is 0.487 e. The number of carbonyl (C=O) groups excluding carboxylic acids is 1. The summed E-state index contributed by atoms with van der Waals surface area (Å²) in [4.78, 5) is 15.3. The molecule has 0 saturated carbocycles. The molecule has 0 bridgehead atoms. The zero-order valence-corrected chi connectivity index (χ0v) is 19.2. The summed E-state index contributed by atoms with van der Waals surface area (Å²) in [6.07, 6.45) is 3.09. The molecule has 1 heterocycles. The molecule has 0 spiro atoms. The molecule has 0 unspecified atom stereocenters. The topological polar surface area (TPSA) is 42.8 Å². The maximum atomic E-state index is 12.7. The lowest BCUT2D eigenvalue weighted by Gasteiger charge is -2.31. The summed E-state index contributed by atoms with van der Waals surface area (Å²) in [6, 6.07) is 6.30. The second-order valence-electron chi connectivity index (χ2n) is 8.67. The number of aryl methyl sites for hydroxylation is 1. The SMILES string of the molecule is Cc1cc(OCC[NH+](C)C)c(C)c2c1CC[C@@H]([C@H](C)C(=O)NCc1cccs1)C2. The minimum atomic E-state index is 0.0183. The Morgan fingerprint density at radius 3 is 2.83 bits per heavy atom. The van der Waals surface area contributed by atoms with Gasteiger partial charge in [0.1, 0.15) is 18.9 Å². The molecule has 3 rings (SSSR count). The Morgan fingerprint density at radius 2 is 2.14 bits per heavy atom. The Balaban J connectivity index is 1.68. The van der Waals surface area contributed by atoms with Gasteiger partial charge in [0.25, 0.3) is 0 Å². The van der Waals surface area contributed by atoms with Gasteiger partial charge in [0.2, 0.25) is 5.91 Å². The molecule has 158 valence electrons. The number of thiophene rings is 1. The van der Waals surface area contributed by atoms with E-state index >= 15 is 0 Å². The molecule has 2 aromatic rings. The molecule has 0 aliphatic heterocycles. The molecule has 0 fully saturated rings. The van der Waals surface area contributed by atoms with Crippen molar-refractivity contribution >= 4 is 17.2 Å². The molecule has 0 saturated heterocycles. The summed E-state index contributed by atoms with van der Waals surface area (Å²) in [5.74, 6) is 1.58. The molecule has 2 N–H and O–H groups in total. The van der Waals surface area contributed by atoms with E-state index in [9.17, 15) is 4.79 Å². The van der Waals surface area contributed by atoms with E-state index in [1.807, 2.05) is 11.4 Å². The molecule has 1 aliphatic rings. The molecule has 1 aliphatic carbocycles. The number of quaternary nitrogens is 1. The number of hydrogen-bond donors (Lipinski definition) is 2. The average molecular weight is 416 g/mol. The summed E-state index contributed by atoms with van der Waals surface area (Å²) < 4.78 is 6.12. The minimum absolute atomic E-state index is 0.0183. The zero-order chi connectivity index (χ0) is 21.0. The lowest BCUT2D eigenvalue weighted by Crippen LogP contribution is -3.06. The Kier molecular flexibility index (Phi) is 7.36. The third-order valence-electron chi connectivity index (χ3n) is 6.24. The second-order valence-corrected chi connectivity index (χ2v) is 9.70. The van der Waals surface area contributed by atoms with Crippen molar-refractivity contribution in [1.29, 1.82) is 0 Å². The van der Waals surface area contributed by atoms with Crippen molar-refractivity contribution in [3.05, 3.63) is 50.7 Å². The van der Waals surface area contributed by atoms with Gasteiger partial charge in [-0.15, -0.1) is 11.3 Å². The monoisotopic (exact) mass is 415 g/mol. The fourth-order valence-electron chi connectivity index (χ4n) is 4.23. The number of rotatable bonds is 8. The number of fused-ring (bicyclic) bond motifs is 1. The standard InChI is InChI=1S/C24H34N2O2S/c1-16-13-23(28-11-10-26(4)5)18(3)22-14-19(8-9-21(16)22)17(2)24(27)25-15-20-7-6-12-29-20/h6-7,12-13,17,19H,8-11,14-15H2,1-5H3,(H,25,27)/p+1/t17-,19+/m0/s1. The van der Waals surface area contributed by atoms with Crippen molar-refractivity contribution in [3.63, 3.8) is 0 Å². The molecule has 4 nitrogen and oxygen atoms in total. The van der Waals surface area contributed by atoms with Gasteiger partial charge in [-0.25, -0.2) is 0 Å². The molecule has 1 amide bonds. The van der Waals surface area contributed by atoms with Crippen LogP contribution in [0.4, 0.5) is 0 Å². The average Bonchev–Trinajstić information content (AvgIpc) is 3.22. The number of hydrogen-bond acceptors (Lipinski definition) is 3. The van der Waals surface area contributed by atoms with Crippen LogP contribution in [0.1, 0.15) is 40.5 Å². The highest BCUT2D eigenvalue weighted by molar-refractivity contribution is 7.09. The fourth-order valence-corrected chi connectivity index (χ4v) is 4.87. The van der Waals surface area contributed by atoms with Crippen molar-refractivity contribution in [2.24, 2.45) is 11.8 Å². The number of benzene rings is 1. The van der Waals surface area contributed by atoms with E-state index in [0.29, 0.717) is 12.5 Å². The summed E-state index contributed by atoms with van der Waals surface area (Å²) >= 11 is 1.69. The highest BCUT2D eigenvalue weighted by Gasteiger charge is 2.30. The number of amides is 1. The van der Waals surface area contributed by atoms with Gasteiger partial charge in [-0.3, -0.25) is 4.79 Å². The van der Waals surface area contributed by atoms with Crippen LogP contribution in [0.3, 0.4) is 0 Å². The van der Waals surface area contributed by atoms with Crippen molar-refractivity contribution < 1.29 is 14.4 Å². The van der Waals surface area contributed by atoms with Gasteiger partial charge in [-0.1, -0.05) is 13.0 Å². The van der Waals surface area contributed by atoms with E-state index in [4.69, 9.17) is 4.74 Å². The first-order chi connectivity index (χ1) is 13.9. The summed E-state index contributed by atoms with van der Waals surface area (Å²) in [6.45, 7) is 8.81. The number of ether oxygens (including phenoxy) is 1. The van der Waals surface area contributed by atoms with Crippen LogP contribution in [0, 0.1) is 25.7 Å². The Hall–Kier alpha value is -1.85.